The second-order valence-electron chi connectivity index (χ2n) is 7.96. The largest absolute Gasteiger partial charge is 0.493 e. The summed E-state index contributed by atoms with van der Waals surface area (Å²) >= 11 is 0. The summed E-state index contributed by atoms with van der Waals surface area (Å²) < 4.78 is 22.7. The van der Waals surface area contributed by atoms with Gasteiger partial charge in [-0.25, -0.2) is 4.79 Å². The molecule has 1 amide bonds. The van der Waals surface area contributed by atoms with E-state index in [2.05, 4.69) is 18.7 Å². The quantitative estimate of drug-likeness (QED) is 0.444. The van der Waals surface area contributed by atoms with Crippen LogP contribution in [0, 0.1) is 5.92 Å². The normalized spacial score (nSPS) is 32.7. The lowest BCUT2D eigenvalue weighted by Gasteiger charge is -2.56. The van der Waals surface area contributed by atoms with Crippen LogP contribution in [-0.4, -0.2) is 48.9 Å². The van der Waals surface area contributed by atoms with Crippen molar-refractivity contribution in [3.63, 3.8) is 0 Å². The van der Waals surface area contributed by atoms with E-state index in [0.717, 1.165) is 16.9 Å². The zero-order chi connectivity index (χ0) is 20.3. The van der Waals surface area contributed by atoms with E-state index in [-0.39, 0.29) is 35.5 Å². The SMILES string of the molecule is C=COC(=O)N1CC[C@]23c4c5ccc(OC)c4O[C@H]2[C@@H](OC(C)=O)C=C[C@H]3[C@H]1C5. The number of hydrogen-bond donors (Lipinski definition) is 0. The summed E-state index contributed by atoms with van der Waals surface area (Å²) in [6.07, 6.45) is 5.30. The van der Waals surface area contributed by atoms with Crippen LogP contribution < -0.4 is 9.47 Å². The van der Waals surface area contributed by atoms with Crippen molar-refractivity contribution >= 4 is 12.1 Å². The van der Waals surface area contributed by atoms with E-state index >= 15 is 0 Å². The van der Waals surface area contributed by atoms with Crippen molar-refractivity contribution in [3.8, 4) is 11.5 Å². The third-order valence-corrected chi connectivity index (χ3v) is 6.78. The maximum atomic E-state index is 12.6. The van der Waals surface area contributed by atoms with Crippen LogP contribution in [0.4, 0.5) is 4.79 Å². The zero-order valence-electron chi connectivity index (χ0n) is 16.4. The summed E-state index contributed by atoms with van der Waals surface area (Å²) in [5.41, 5.74) is 1.90. The first kappa shape index (κ1) is 18.1. The maximum Gasteiger partial charge on any atom is 0.414 e. The molecule has 0 N–H and O–H groups in total. The van der Waals surface area contributed by atoms with E-state index < -0.39 is 6.10 Å². The van der Waals surface area contributed by atoms with Crippen LogP contribution in [0.5, 0.6) is 11.5 Å². The summed E-state index contributed by atoms with van der Waals surface area (Å²) in [5, 5.41) is 0. The number of methoxy groups -OCH3 is 1. The molecule has 2 bridgehead atoms. The summed E-state index contributed by atoms with van der Waals surface area (Å²) in [6, 6.07) is 3.89. The first-order valence-electron chi connectivity index (χ1n) is 9.82. The van der Waals surface area contributed by atoms with Gasteiger partial charge in [0.2, 0.25) is 0 Å². The van der Waals surface area contributed by atoms with Gasteiger partial charge in [-0.2, -0.15) is 0 Å². The second kappa shape index (κ2) is 6.27. The molecule has 0 saturated carbocycles. The summed E-state index contributed by atoms with van der Waals surface area (Å²) in [5.74, 6) is 1.10. The molecule has 4 aliphatic rings. The van der Waals surface area contributed by atoms with Crippen LogP contribution in [0.3, 0.4) is 0 Å². The number of piperidine rings is 1. The zero-order valence-corrected chi connectivity index (χ0v) is 16.4. The lowest BCUT2D eigenvalue weighted by Crippen LogP contribution is -2.66. The predicted octanol–water partition coefficient (Wildman–Crippen LogP) is 2.72. The highest BCUT2D eigenvalue weighted by Crippen LogP contribution is 2.62. The van der Waals surface area contributed by atoms with Crippen LogP contribution in [0.25, 0.3) is 0 Å². The Bertz CT molecular complexity index is 939. The van der Waals surface area contributed by atoms with E-state index in [1.165, 1.54) is 13.2 Å². The van der Waals surface area contributed by atoms with Gasteiger partial charge in [0.25, 0.3) is 0 Å². The molecular formula is C22H23NO6. The molecule has 7 heteroatoms. The Kier molecular flexibility index (Phi) is 3.91. The first-order valence-corrected chi connectivity index (χ1v) is 9.82. The van der Waals surface area contributed by atoms with Gasteiger partial charge in [0.05, 0.1) is 18.8 Å². The fourth-order valence-corrected chi connectivity index (χ4v) is 5.85. The van der Waals surface area contributed by atoms with E-state index in [0.29, 0.717) is 25.1 Å². The third kappa shape index (κ3) is 2.30. The van der Waals surface area contributed by atoms with Gasteiger partial charge in [0.15, 0.2) is 17.6 Å². The first-order chi connectivity index (χ1) is 14.0. The van der Waals surface area contributed by atoms with Crippen LogP contribution in [0.2, 0.25) is 0 Å². The van der Waals surface area contributed by atoms with Crippen LogP contribution in [0.1, 0.15) is 24.5 Å². The minimum Gasteiger partial charge on any atom is -0.493 e. The number of likely N-dealkylation sites (tertiary alicyclic amines) is 1. The fraction of sp³-hybridized carbons (Fsp3) is 0.455. The molecule has 1 saturated heterocycles. The molecule has 2 aliphatic heterocycles. The van der Waals surface area contributed by atoms with Crippen LogP contribution >= 0.6 is 0 Å². The third-order valence-electron chi connectivity index (χ3n) is 6.78. The van der Waals surface area contributed by atoms with Crippen molar-refractivity contribution in [2.24, 2.45) is 5.92 Å². The van der Waals surface area contributed by atoms with Gasteiger partial charge in [-0.1, -0.05) is 18.7 Å². The van der Waals surface area contributed by atoms with E-state index in [4.69, 9.17) is 18.9 Å². The average Bonchev–Trinajstić information content (AvgIpc) is 3.03. The van der Waals surface area contributed by atoms with Gasteiger partial charge < -0.3 is 23.8 Å². The maximum absolute atomic E-state index is 12.6. The minimum absolute atomic E-state index is 0.0336. The number of carbonyl (C=O) groups excluding carboxylic acids is 2. The topological polar surface area (TPSA) is 74.3 Å². The Labute approximate surface area is 168 Å². The van der Waals surface area contributed by atoms with Crippen molar-refractivity contribution in [2.45, 2.75) is 43.4 Å². The number of benzene rings is 1. The smallest absolute Gasteiger partial charge is 0.414 e. The summed E-state index contributed by atoms with van der Waals surface area (Å²) in [4.78, 5) is 26.1. The highest BCUT2D eigenvalue weighted by molar-refractivity contribution is 5.71. The standard InChI is InChI=1S/C22H23NO6/c1-4-27-21(25)23-10-9-22-14-6-8-17(28-12(2)24)20(22)29-19-16(26-3)7-5-13(18(19)22)11-15(14)23/h4-8,14-15,17,20H,1,9-11H2,2-3H3/t14-,15+,17-,20-,22-/m0/s1. The molecule has 0 unspecified atom stereocenters. The van der Waals surface area contributed by atoms with E-state index in [1.807, 2.05) is 12.1 Å². The van der Waals surface area contributed by atoms with Gasteiger partial charge in [-0.3, -0.25) is 4.79 Å². The molecule has 5 atom stereocenters. The molecule has 1 fully saturated rings. The number of esters is 1. The Balaban J connectivity index is 1.67. The molecule has 2 heterocycles. The Morgan fingerprint density at radius 1 is 1.34 bits per heavy atom. The van der Waals surface area contributed by atoms with Gasteiger partial charge in [-0.15, -0.1) is 0 Å². The molecule has 1 aromatic rings. The lowest BCUT2D eigenvalue weighted by atomic mass is 9.53. The summed E-state index contributed by atoms with van der Waals surface area (Å²) in [6.45, 7) is 5.44. The van der Waals surface area contributed by atoms with Crippen molar-refractivity contribution in [1.82, 2.24) is 4.90 Å². The van der Waals surface area contributed by atoms with Crippen molar-refractivity contribution in [2.75, 3.05) is 13.7 Å². The van der Waals surface area contributed by atoms with E-state index in [1.54, 1.807) is 12.0 Å². The number of carbonyl (C=O) groups is 2. The van der Waals surface area contributed by atoms with Gasteiger partial charge in [0, 0.05) is 31.0 Å². The molecule has 1 spiro atoms. The number of amides is 1. The van der Waals surface area contributed by atoms with Crippen LogP contribution in [-0.2, 0) is 26.1 Å². The Morgan fingerprint density at radius 2 is 2.17 bits per heavy atom. The summed E-state index contributed by atoms with van der Waals surface area (Å²) in [7, 11) is 1.63. The highest BCUT2D eigenvalue weighted by atomic mass is 16.6. The highest BCUT2D eigenvalue weighted by Gasteiger charge is 2.66. The van der Waals surface area contributed by atoms with Crippen LogP contribution in [0.15, 0.2) is 37.1 Å². The number of ether oxygens (including phenoxy) is 4. The molecule has 7 nitrogen and oxygen atoms in total. The molecule has 1 aromatic carbocycles. The molecule has 2 aliphatic carbocycles. The molecule has 0 aromatic heterocycles. The molecule has 29 heavy (non-hydrogen) atoms. The second-order valence-corrected chi connectivity index (χ2v) is 7.96. The Morgan fingerprint density at radius 3 is 2.90 bits per heavy atom. The van der Waals surface area contributed by atoms with Crippen molar-refractivity contribution in [3.05, 3.63) is 48.3 Å². The monoisotopic (exact) mass is 397 g/mol. The Hall–Kier alpha value is -2.96. The predicted molar refractivity (Wildman–Crippen MR) is 103 cm³/mol. The molecule has 5 rings (SSSR count). The van der Waals surface area contributed by atoms with E-state index in [9.17, 15) is 9.59 Å². The number of nitrogens with zero attached hydrogens (tertiary/aromatic N) is 1. The molecule has 152 valence electrons. The molecule has 0 radical (unpaired) electrons. The van der Waals surface area contributed by atoms with Gasteiger partial charge in [-0.05, 0) is 30.5 Å². The number of rotatable bonds is 3. The molecular weight excluding hydrogens is 374 g/mol. The van der Waals surface area contributed by atoms with Gasteiger partial charge in [0.1, 0.15) is 6.10 Å². The minimum atomic E-state index is -0.487. The van der Waals surface area contributed by atoms with Crippen molar-refractivity contribution < 1.29 is 28.5 Å². The fourth-order valence-electron chi connectivity index (χ4n) is 5.85. The number of hydrogen-bond acceptors (Lipinski definition) is 6. The average molecular weight is 397 g/mol. The lowest BCUT2D eigenvalue weighted by molar-refractivity contribution is -0.152. The van der Waals surface area contributed by atoms with Crippen molar-refractivity contribution in [1.29, 1.82) is 0 Å². The van der Waals surface area contributed by atoms with Gasteiger partial charge >= 0.3 is 12.1 Å².